The Balaban J connectivity index is 2.22. The standard InChI is InChI=1S/C15H19N3O/c1-11-12(2)17-18(15(19)14(11)10-16)9-8-13-6-4-3-5-7-13/h6H,3-5,7-9H2,1-2H3. The first-order chi connectivity index (χ1) is 9.13. The molecular weight excluding hydrogens is 238 g/mol. The summed E-state index contributed by atoms with van der Waals surface area (Å²) in [5.74, 6) is 0. The highest BCUT2D eigenvalue weighted by molar-refractivity contribution is 5.36. The minimum atomic E-state index is -0.262. The third-order valence-electron chi connectivity index (χ3n) is 3.78. The molecule has 1 aliphatic rings. The van der Waals surface area contributed by atoms with Gasteiger partial charge >= 0.3 is 0 Å². The summed E-state index contributed by atoms with van der Waals surface area (Å²) < 4.78 is 1.44. The number of hydrogen-bond donors (Lipinski definition) is 0. The summed E-state index contributed by atoms with van der Waals surface area (Å²) in [5, 5.41) is 13.4. The Morgan fingerprint density at radius 3 is 2.84 bits per heavy atom. The Kier molecular flexibility index (Phi) is 4.16. The van der Waals surface area contributed by atoms with Crippen molar-refractivity contribution in [3.8, 4) is 6.07 Å². The van der Waals surface area contributed by atoms with Gasteiger partial charge in [-0.25, -0.2) is 4.68 Å². The molecule has 0 aromatic carbocycles. The average molecular weight is 257 g/mol. The third kappa shape index (κ3) is 2.93. The molecule has 100 valence electrons. The molecule has 0 saturated carbocycles. The Labute approximate surface area is 113 Å². The third-order valence-corrected chi connectivity index (χ3v) is 3.78. The van der Waals surface area contributed by atoms with Crippen molar-refractivity contribution in [3.63, 3.8) is 0 Å². The van der Waals surface area contributed by atoms with Gasteiger partial charge in [0, 0.05) is 6.54 Å². The zero-order valence-electron chi connectivity index (χ0n) is 11.6. The van der Waals surface area contributed by atoms with Crippen molar-refractivity contribution >= 4 is 0 Å². The molecule has 0 saturated heterocycles. The molecule has 0 N–H and O–H groups in total. The van der Waals surface area contributed by atoms with Crippen molar-refractivity contribution in [1.82, 2.24) is 9.78 Å². The number of nitrogens with zero attached hydrogens (tertiary/aromatic N) is 3. The van der Waals surface area contributed by atoms with E-state index in [9.17, 15) is 4.79 Å². The molecule has 4 nitrogen and oxygen atoms in total. The normalized spacial score (nSPS) is 14.9. The van der Waals surface area contributed by atoms with Crippen molar-refractivity contribution < 1.29 is 0 Å². The van der Waals surface area contributed by atoms with Crippen LogP contribution in [0.2, 0.25) is 0 Å². The lowest BCUT2D eigenvalue weighted by atomic mass is 9.97. The Morgan fingerprint density at radius 1 is 1.42 bits per heavy atom. The molecule has 0 atom stereocenters. The van der Waals surface area contributed by atoms with Crippen LogP contribution in [0.25, 0.3) is 0 Å². The van der Waals surface area contributed by atoms with Crippen molar-refractivity contribution in [3.05, 3.63) is 38.8 Å². The van der Waals surface area contributed by atoms with Gasteiger partial charge in [0.25, 0.3) is 5.56 Å². The Morgan fingerprint density at radius 2 is 2.21 bits per heavy atom. The molecule has 2 rings (SSSR count). The maximum absolute atomic E-state index is 12.1. The molecule has 1 heterocycles. The van der Waals surface area contributed by atoms with Crippen LogP contribution in [0.4, 0.5) is 0 Å². The van der Waals surface area contributed by atoms with Crippen LogP contribution in [0.1, 0.15) is 48.9 Å². The lowest BCUT2D eigenvalue weighted by Gasteiger charge is -2.14. The quantitative estimate of drug-likeness (QED) is 0.782. The first-order valence-electron chi connectivity index (χ1n) is 6.80. The highest BCUT2D eigenvalue weighted by Gasteiger charge is 2.12. The van der Waals surface area contributed by atoms with Gasteiger partial charge in [0.1, 0.15) is 11.6 Å². The van der Waals surface area contributed by atoms with E-state index in [0.717, 1.165) is 25.0 Å². The van der Waals surface area contributed by atoms with E-state index >= 15 is 0 Å². The predicted octanol–water partition coefficient (Wildman–Crippen LogP) is 2.62. The monoisotopic (exact) mass is 257 g/mol. The summed E-state index contributed by atoms with van der Waals surface area (Å²) in [4.78, 5) is 12.1. The summed E-state index contributed by atoms with van der Waals surface area (Å²) in [5.41, 5.74) is 2.83. The fourth-order valence-electron chi connectivity index (χ4n) is 2.44. The summed E-state index contributed by atoms with van der Waals surface area (Å²) in [7, 11) is 0. The summed E-state index contributed by atoms with van der Waals surface area (Å²) >= 11 is 0. The van der Waals surface area contributed by atoms with Gasteiger partial charge in [0.2, 0.25) is 0 Å². The van der Waals surface area contributed by atoms with Crippen LogP contribution in [0.15, 0.2) is 16.4 Å². The zero-order chi connectivity index (χ0) is 13.8. The topological polar surface area (TPSA) is 58.7 Å². The Bertz CT molecular complexity index is 605. The van der Waals surface area contributed by atoms with E-state index in [1.54, 1.807) is 6.92 Å². The highest BCUT2D eigenvalue weighted by Crippen LogP contribution is 2.20. The van der Waals surface area contributed by atoms with Crippen molar-refractivity contribution in [2.45, 2.75) is 52.5 Å². The fourth-order valence-corrected chi connectivity index (χ4v) is 2.44. The number of aromatic nitrogens is 2. The molecule has 1 aromatic heterocycles. The van der Waals surface area contributed by atoms with Gasteiger partial charge in [-0.05, 0) is 51.5 Å². The molecule has 0 unspecified atom stereocenters. The first kappa shape index (κ1) is 13.5. The molecule has 1 aromatic rings. The molecule has 19 heavy (non-hydrogen) atoms. The SMILES string of the molecule is Cc1nn(CCC2=CCCCC2)c(=O)c(C#N)c1C. The molecule has 0 amide bonds. The number of rotatable bonds is 3. The fraction of sp³-hybridized carbons (Fsp3) is 0.533. The van der Waals surface area contributed by atoms with E-state index < -0.39 is 0 Å². The van der Waals surface area contributed by atoms with Gasteiger partial charge in [-0.2, -0.15) is 10.4 Å². The van der Waals surface area contributed by atoms with Gasteiger partial charge in [-0.1, -0.05) is 11.6 Å². The molecule has 0 fully saturated rings. The minimum absolute atomic E-state index is 0.227. The van der Waals surface area contributed by atoms with Crippen LogP contribution >= 0.6 is 0 Å². The van der Waals surface area contributed by atoms with Crippen LogP contribution < -0.4 is 5.56 Å². The number of allylic oxidation sites excluding steroid dienone is 2. The van der Waals surface area contributed by atoms with E-state index in [-0.39, 0.29) is 11.1 Å². The maximum Gasteiger partial charge on any atom is 0.284 e. The van der Waals surface area contributed by atoms with E-state index in [4.69, 9.17) is 5.26 Å². The number of nitriles is 1. The molecular formula is C15H19N3O. The van der Waals surface area contributed by atoms with Crippen LogP contribution in [-0.4, -0.2) is 9.78 Å². The minimum Gasteiger partial charge on any atom is -0.266 e. The second kappa shape index (κ2) is 5.83. The molecule has 0 spiro atoms. The lowest BCUT2D eigenvalue weighted by Crippen LogP contribution is -2.27. The average Bonchev–Trinajstić information content (AvgIpc) is 2.43. The lowest BCUT2D eigenvalue weighted by molar-refractivity contribution is 0.547. The van der Waals surface area contributed by atoms with E-state index in [1.165, 1.54) is 23.1 Å². The van der Waals surface area contributed by atoms with E-state index in [0.29, 0.717) is 12.1 Å². The number of hydrogen-bond acceptors (Lipinski definition) is 3. The summed E-state index contributed by atoms with van der Waals surface area (Å²) in [6.45, 7) is 4.18. The highest BCUT2D eigenvalue weighted by atomic mass is 16.1. The van der Waals surface area contributed by atoms with Gasteiger partial charge in [-0.15, -0.1) is 0 Å². The molecule has 0 aliphatic heterocycles. The second-order valence-electron chi connectivity index (χ2n) is 5.08. The predicted molar refractivity (Wildman–Crippen MR) is 73.9 cm³/mol. The molecule has 4 heteroatoms. The second-order valence-corrected chi connectivity index (χ2v) is 5.08. The van der Waals surface area contributed by atoms with E-state index in [2.05, 4.69) is 11.2 Å². The zero-order valence-corrected chi connectivity index (χ0v) is 11.6. The molecule has 0 radical (unpaired) electrons. The van der Waals surface area contributed by atoms with Crippen molar-refractivity contribution in [2.24, 2.45) is 0 Å². The van der Waals surface area contributed by atoms with Crippen LogP contribution in [0.3, 0.4) is 0 Å². The smallest absolute Gasteiger partial charge is 0.266 e. The van der Waals surface area contributed by atoms with Gasteiger partial charge in [0.05, 0.1) is 5.69 Å². The van der Waals surface area contributed by atoms with Gasteiger partial charge < -0.3 is 0 Å². The van der Waals surface area contributed by atoms with Gasteiger partial charge in [0.15, 0.2) is 0 Å². The summed E-state index contributed by atoms with van der Waals surface area (Å²) in [6.07, 6.45) is 7.92. The summed E-state index contributed by atoms with van der Waals surface area (Å²) in [6, 6.07) is 1.99. The largest absolute Gasteiger partial charge is 0.284 e. The van der Waals surface area contributed by atoms with Crippen LogP contribution in [0, 0.1) is 25.2 Å². The van der Waals surface area contributed by atoms with E-state index in [1.807, 2.05) is 13.0 Å². The first-order valence-corrected chi connectivity index (χ1v) is 6.80. The Hall–Kier alpha value is -1.89. The number of aryl methyl sites for hydroxylation is 2. The van der Waals surface area contributed by atoms with Crippen molar-refractivity contribution in [2.75, 3.05) is 0 Å². The molecule has 0 bridgehead atoms. The van der Waals surface area contributed by atoms with Crippen LogP contribution in [-0.2, 0) is 6.54 Å². The maximum atomic E-state index is 12.1. The van der Waals surface area contributed by atoms with Crippen molar-refractivity contribution in [1.29, 1.82) is 5.26 Å². The molecule has 1 aliphatic carbocycles. The van der Waals surface area contributed by atoms with Gasteiger partial charge in [-0.3, -0.25) is 4.79 Å². The van der Waals surface area contributed by atoms with Crippen LogP contribution in [0.5, 0.6) is 0 Å².